The molecule has 0 unspecified atom stereocenters. The zero-order valence-electron chi connectivity index (χ0n) is 11.9. The molecular weight excluding hydrogens is 290 g/mol. The lowest BCUT2D eigenvalue weighted by Gasteiger charge is -2.19. The van der Waals surface area contributed by atoms with Gasteiger partial charge in [0.25, 0.3) is 5.91 Å². The zero-order valence-corrected chi connectivity index (χ0v) is 13.5. The van der Waals surface area contributed by atoms with Crippen LogP contribution in [0.3, 0.4) is 0 Å². The van der Waals surface area contributed by atoms with Crippen LogP contribution in [-0.2, 0) is 0 Å². The minimum atomic E-state index is -0.00564. The maximum Gasteiger partial charge on any atom is 0.255 e. The number of amides is 1. The number of benzene rings is 1. The number of aryl methyl sites for hydroxylation is 1. The van der Waals surface area contributed by atoms with Crippen molar-refractivity contribution in [3.63, 3.8) is 0 Å². The van der Waals surface area contributed by atoms with Crippen molar-refractivity contribution in [1.29, 1.82) is 0 Å². The maximum absolute atomic E-state index is 12.3. The van der Waals surface area contributed by atoms with Gasteiger partial charge < -0.3 is 4.90 Å². The molecule has 2 aromatic rings. The van der Waals surface area contributed by atoms with Crippen molar-refractivity contribution >= 4 is 28.8 Å². The standard InChI is InChI=1S/C16H18ClNOS/c1-4-18(5-2)16(19)13-8-7-12(10-14(13)17)15-9-6-11(3)20-15/h6-10H,4-5H2,1-3H3. The predicted molar refractivity (Wildman–Crippen MR) is 86.8 cm³/mol. The van der Waals surface area contributed by atoms with E-state index < -0.39 is 0 Å². The third-order valence-corrected chi connectivity index (χ3v) is 4.64. The lowest BCUT2D eigenvalue weighted by Crippen LogP contribution is -2.30. The van der Waals surface area contributed by atoms with Crippen LogP contribution in [0.15, 0.2) is 30.3 Å². The first kappa shape index (κ1) is 15.1. The molecule has 20 heavy (non-hydrogen) atoms. The summed E-state index contributed by atoms with van der Waals surface area (Å²) in [5.74, 6) is -0.00564. The smallest absolute Gasteiger partial charge is 0.255 e. The molecule has 0 saturated carbocycles. The molecule has 4 heteroatoms. The van der Waals surface area contributed by atoms with Crippen LogP contribution >= 0.6 is 22.9 Å². The van der Waals surface area contributed by atoms with Crippen LogP contribution in [0.2, 0.25) is 5.02 Å². The molecule has 0 radical (unpaired) electrons. The Bertz CT molecular complexity index is 617. The largest absolute Gasteiger partial charge is 0.339 e. The van der Waals surface area contributed by atoms with Crippen molar-refractivity contribution < 1.29 is 4.79 Å². The molecule has 0 fully saturated rings. The van der Waals surface area contributed by atoms with Crippen LogP contribution in [-0.4, -0.2) is 23.9 Å². The molecule has 1 heterocycles. The van der Waals surface area contributed by atoms with E-state index in [1.807, 2.05) is 32.0 Å². The van der Waals surface area contributed by atoms with Crippen LogP contribution in [0.5, 0.6) is 0 Å². The van der Waals surface area contributed by atoms with Gasteiger partial charge in [-0.05, 0) is 50.6 Å². The Labute approximate surface area is 129 Å². The fourth-order valence-corrected chi connectivity index (χ4v) is 3.24. The highest BCUT2D eigenvalue weighted by atomic mass is 35.5. The van der Waals surface area contributed by atoms with E-state index in [1.165, 1.54) is 9.75 Å². The van der Waals surface area contributed by atoms with Crippen molar-refractivity contribution in [3.05, 3.63) is 45.8 Å². The summed E-state index contributed by atoms with van der Waals surface area (Å²) in [5.41, 5.74) is 1.64. The van der Waals surface area contributed by atoms with E-state index in [9.17, 15) is 4.79 Å². The Morgan fingerprint density at radius 1 is 1.20 bits per heavy atom. The van der Waals surface area contributed by atoms with Gasteiger partial charge in [-0.25, -0.2) is 0 Å². The molecule has 0 saturated heterocycles. The summed E-state index contributed by atoms with van der Waals surface area (Å²) in [5, 5.41) is 0.519. The van der Waals surface area contributed by atoms with Crippen LogP contribution in [0.4, 0.5) is 0 Å². The quantitative estimate of drug-likeness (QED) is 0.790. The van der Waals surface area contributed by atoms with Gasteiger partial charge in [0.1, 0.15) is 0 Å². The predicted octanol–water partition coefficient (Wildman–Crippen LogP) is 4.86. The van der Waals surface area contributed by atoms with Crippen molar-refractivity contribution in [2.45, 2.75) is 20.8 Å². The van der Waals surface area contributed by atoms with Gasteiger partial charge in [-0.15, -0.1) is 11.3 Å². The van der Waals surface area contributed by atoms with E-state index in [2.05, 4.69) is 19.1 Å². The maximum atomic E-state index is 12.3. The van der Waals surface area contributed by atoms with E-state index in [-0.39, 0.29) is 5.91 Å². The van der Waals surface area contributed by atoms with Crippen LogP contribution < -0.4 is 0 Å². The molecule has 1 amide bonds. The summed E-state index contributed by atoms with van der Waals surface area (Å²) < 4.78 is 0. The summed E-state index contributed by atoms with van der Waals surface area (Å²) in [6.07, 6.45) is 0. The minimum absolute atomic E-state index is 0.00564. The number of rotatable bonds is 4. The normalized spacial score (nSPS) is 10.6. The molecule has 0 aliphatic rings. The molecule has 0 N–H and O–H groups in total. The van der Waals surface area contributed by atoms with Gasteiger partial charge in [-0.3, -0.25) is 4.79 Å². The highest BCUT2D eigenvalue weighted by molar-refractivity contribution is 7.15. The van der Waals surface area contributed by atoms with E-state index in [0.717, 1.165) is 5.56 Å². The van der Waals surface area contributed by atoms with Gasteiger partial charge in [0, 0.05) is 22.8 Å². The lowest BCUT2D eigenvalue weighted by molar-refractivity contribution is 0.0773. The van der Waals surface area contributed by atoms with Gasteiger partial charge in [0.2, 0.25) is 0 Å². The number of hydrogen-bond acceptors (Lipinski definition) is 2. The first-order valence-corrected chi connectivity index (χ1v) is 7.91. The molecule has 0 aliphatic carbocycles. The van der Waals surface area contributed by atoms with E-state index >= 15 is 0 Å². The van der Waals surface area contributed by atoms with Gasteiger partial charge >= 0.3 is 0 Å². The van der Waals surface area contributed by atoms with E-state index in [1.54, 1.807) is 16.2 Å². The second kappa shape index (κ2) is 6.42. The van der Waals surface area contributed by atoms with Crippen LogP contribution in [0, 0.1) is 6.92 Å². The van der Waals surface area contributed by atoms with Crippen molar-refractivity contribution in [3.8, 4) is 10.4 Å². The molecule has 0 bridgehead atoms. The number of halogens is 1. The fraction of sp³-hybridized carbons (Fsp3) is 0.312. The average Bonchev–Trinajstić information content (AvgIpc) is 2.86. The Balaban J connectivity index is 2.33. The lowest BCUT2D eigenvalue weighted by atomic mass is 10.1. The summed E-state index contributed by atoms with van der Waals surface area (Å²) >= 11 is 8.02. The first-order valence-electron chi connectivity index (χ1n) is 6.72. The number of carbonyl (C=O) groups is 1. The molecule has 1 aromatic carbocycles. The van der Waals surface area contributed by atoms with Gasteiger partial charge in [-0.1, -0.05) is 17.7 Å². The molecule has 1 aromatic heterocycles. The highest BCUT2D eigenvalue weighted by Crippen LogP contribution is 2.31. The van der Waals surface area contributed by atoms with Gasteiger partial charge in [0.15, 0.2) is 0 Å². The molecule has 106 valence electrons. The average molecular weight is 308 g/mol. The molecule has 2 rings (SSSR count). The Morgan fingerprint density at radius 2 is 1.90 bits per heavy atom. The Kier molecular flexibility index (Phi) is 4.84. The van der Waals surface area contributed by atoms with Crippen molar-refractivity contribution in [2.75, 3.05) is 13.1 Å². The minimum Gasteiger partial charge on any atom is -0.339 e. The Morgan fingerprint density at radius 3 is 2.40 bits per heavy atom. The van der Waals surface area contributed by atoms with Crippen LogP contribution in [0.25, 0.3) is 10.4 Å². The summed E-state index contributed by atoms with van der Waals surface area (Å²) in [4.78, 5) is 16.5. The number of nitrogens with zero attached hydrogens (tertiary/aromatic N) is 1. The summed E-state index contributed by atoms with van der Waals surface area (Å²) in [6.45, 7) is 7.40. The fourth-order valence-electron chi connectivity index (χ4n) is 2.11. The van der Waals surface area contributed by atoms with Crippen molar-refractivity contribution in [1.82, 2.24) is 4.90 Å². The van der Waals surface area contributed by atoms with E-state index in [0.29, 0.717) is 23.7 Å². The monoisotopic (exact) mass is 307 g/mol. The molecular formula is C16H18ClNOS. The van der Waals surface area contributed by atoms with E-state index in [4.69, 9.17) is 11.6 Å². The SMILES string of the molecule is CCN(CC)C(=O)c1ccc(-c2ccc(C)s2)cc1Cl. The second-order valence-corrected chi connectivity index (χ2v) is 6.28. The topological polar surface area (TPSA) is 20.3 Å². The number of thiophene rings is 1. The third kappa shape index (κ3) is 3.05. The van der Waals surface area contributed by atoms with Crippen LogP contribution in [0.1, 0.15) is 29.1 Å². The first-order chi connectivity index (χ1) is 9.56. The highest BCUT2D eigenvalue weighted by Gasteiger charge is 2.16. The third-order valence-electron chi connectivity index (χ3n) is 3.28. The number of hydrogen-bond donors (Lipinski definition) is 0. The summed E-state index contributed by atoms with van der Waals surface area (Å²) in [7, 11) is 0. The summed E-state index contributed by atoms with van der Waals surface area (Å²) in [6, 6.07) is 9.84. The molecule has 0 aliphatic heterocycles. The van der Waals surface area contributed by atoms with Gasteiger partial charge in [0.05, 0.1) is 10.6 Å². The molecule has 0 spiro atoms. The second-order valence-electron chi connectivity index (χ2n) is 4.58. The van der Waals surface area contributed by atoms with Crippen molar-refractivity contribution in [2.24, 2.45) is 0 Å². The number of carbonyl (C=O) groups excluding carboxylic acids is 1. The molecule has 0 atom stereocenters. The Hall–Kier alpha value is -1.32. The molecule has 2 nitrogen and oxygen atoms in total. The zero-order chi connectivity index (χ0) is 14.7. The van der Waals surface area contributed by atoms with Gasteiger partial charge in [-0.2, -0.15) is 0 Å².